The number of nitrogens with zero attached hydrogens (tertiary/aromatic N) is 2. The Kier molecular flexibility index (Phi) is 13.9. The molecule has 1 aromatic carbocycles. The van der Waals surface area contributed by atoms with Gasteiger partial charge in [-0.1, -0.05) is 12.1 Å². The van der Waals surface area contributed by atoms with Gasteiger partial charge in [0.05, 0.1) is 25.8 Å². The van der Waals surface area contributed by atoms with E-state index in [9.17, 15) is 4.39 Å². The van der Waals surface area contributed by atoms with Crippen LogP contribution >= 0.6 is 35.7 Å². The number of guanidine groups is 1. The second-order valence-corrected chi connectivity index (χ2v) is 7.55. The molecule has 1 aromatic rings. The third kappa shape index (κ3) is 9.28. The van der Waals surface area contributed by atoms with Gasteiger partial charge in [0.2, 0.25) is 0 Å². The van der Waals surface area contributed by atoms with Crippen LogP contribution in [0.15, 0.2) is 29.3 Å². The lowest BCUT2D eigenvalue weighted by Crippen LogP contribution is -2.42. The summed E-state index contributed by atoms with van der Waals surface area (Å²) in [5.74, 6) is 1.82. The number of hydrogen-bond acceptors (Lipinski definition) is 4. The monoisotopic (exact) mass is 524 g/mol. The molecule has 1 atom stereocenters. The average Bonchev–Trinajstić information content (AvgIpc) is 2.69. The van der Waals surface area contributed by atoms with Crippen molar-refractivity contribution < 1.29 is 9.13 Å². The molecular weight excluding hydrogens is 490 g/mol. The van der Waals surface area contributed by atoms with Crippen molar-refractivity contribution in [2.45, 2.75) is 25.8 Å². The van der Waals surface area contributed by atoms with Crippen LogP contribution in [-0.4, -0.2) is 68.8 Å². The van der Waals surface area contributed by atoms with Crippen LogP contribution in [0.5, 0.6) is 0 Å². The molecule has 1 aliphatic rings. The van der Waals surface area contributed by atoms with E-state index in [1.807, 2.05) is 17.8 Å². The van der Waals surface area contributed by atoms with Crippen molar-refractivity contribution in [3.8, 4) is 0 Å². The number of benzene rings is 1. The van der Waals surface area contributed by atoms with Crippen LogP contribution in [0, 0.1) is 5.82 Å². The minimum absolute atomic E-state index is 0. The Bertz CT molecular complexity index is 573. The van der Waals surface area contributed by atoms with Crippen molar-refractivity contribution in [1.29, 1.82) is 0 Å². The molecule has 28 heavy (non-hydrogen) atoms. The smallest absolute Gasteiger partial charge is 0.191 e. The zero-order valence-corrected chi connectivity index (χ0v) is 20.1. The first-order chi connectivity index (χ1) is 13.2. The van der Waals surface area contributed by atoms with Crippen molar-refractivity contribution in [3.63, 3.8) is 0 Å². The highest BCUT2D eigenvalue weighted by Gasteiger charge is 2.23. The first-order valence-electron chi connectivity index (χ1n) is 9.83. The summed E-state index contributed by atoms with van der Waals surface area (Å²) in [5.41, 5.74) is 0.969. The van der Waals surface area contributed by atoms with Crippen LogP contribution in [0.1, 0.15) is 31.4 Å². The van der Waals surface area contributed by atoms with Crippen LogP contribution < -0.4 is 10.6 Å². The summed E-state index contributed by atoms with van der Waals surface area (Å²) in [6.07, 6.45) is 4.46. The van der Waals surface area contributed by atoms with E-state index in [-0.39, 0.29) is 35.8 Å². The number of morpholine rings is 1. The zero-order chi connectivity index (χ0) is 19.3. The van der Waals surface area contributed by atoms with Crippen LogP contribution in [-0.2, 0) is 4.74 Å². The predicted molar refractivity (Wildman–Crippen MR) is 129 cm³/mol. The normalized spacial score (nSPS) is 16.3. The molecule has 2 rings (SSSR count). The van der Waals surface area contributed by atoms with Crippen molar-refractivity contribution in [2.24, 2.45) is 4.99 Å². The van der Waals surface area contributed by atoms with Gasteiger partial charge in [-0.05, 0) is 49.5 Å². The third-order valence-corrected chi connectivity index (χ3v) is 5.25. The number of aliphatic imine (C=N–C) groups is 1. The number of nitrogens with one attached hydrogen (secondary N) is 2. The van der Waals surface area contributed by atoms with Gasteiger partial charge < -0.3 is 15.4 Å². The van der Waals surface area contributed by atoms with Gasteiger partial charge in [0.25, 0.3) is 0 Å². The van der Waals surface area contributed by atoms with Gasteiger partial charge in [0.1, 0.15) is 5.82 Å². The standard InChI is InChI=1S/C20H33FN4OS.HI/c1-3-22-20(23-9-4-5-14-27-2)24-16-19(25-10-12-26-13-11-25)17-7-6-8-18(21)15-17;/h6-8,15,19H,3-5,9-14,16H2,1-2H3,(H2,22,23,24);1H. The molecule has 1 fully saturated rings. The largest absolute Gasteiger partial charge is 0.379 e. The summed E-state index contributed by atoms with van der Waals surface area (Å²) in [6.45, 7) is 7.49. The molecule has 0 aliphatic carbocycles. The molecule has 2 N–H and O–H groups in total. The zero-order valence-electron chi connectivity index (χ0n) is 17.0. The molecule has 1 saturated heterocycles. The Morgan fingerprint density at radius 1 is 1.29 bits per heavy atom. The number of ether oxygens (including phenoxy) is 1. The lowest BCUT2D eigenvalue weighted by atomic mass is 10.0. The van der Waals surface area contributed by atoms with Gasteiger partial charge in [-0.2, -0.15) is 11.8 Å². The van der Waals surface area contributed by atoms with Crippen molar-refractivity contribution in [2.75, 3.05) is 57.9 Å². The number of halogens is 2. The summed E-state index contributed by atoms with van der Waals surface area (Å²) in [7, 11) is 0. The average molecular weight is 524 g/mol. The Hall–Kier alpha value is -0.580. The Morgan fingerprint density at radius 3 is 2.75 bits per heavy atom. The van der Waals surface area contributed by atoms with Gasteiger partial charge >= 0.3 is 0 Å². The highest BCUT2D eigenvalue weighted by atomic mass is 127. The number of unbranched alkanes of at least 4 members (excludes halogenated alkanes) is 1. The number of rotatable bonds is 10. The SMILES string of the molecule is CCNC(=NCC(c1cccc(F)c1)N1CCOCC1)NCCCCSC.I. The molecule has 0 saturated carbocycles. The Balaban J connectivity index is 0.00000392. The second kappa shape index (κ2) is 15.3. The van der Waals surface area contributed by atoms with E-state index in [2.05, 4.69) is 28.7 Å². The quantitative estimate of drug-likeness (QED) is 0.212. The van der Waals surface area contributed by atoms with Crippen molar-refractivity contribution in [3.05, 3.63) is 35.6 Å². The molecule has 1 heterocycles. The second-order valence-electron chi connectivity index (χ2n) is 6.57. The van der Waals surface area contributed by atoms with Crippen molar-refractivity contribution >= 4 is 41.7 Å². The minimum atomic E-state index is -0.200. The molecule has 5 nitrogen and oxygen atoms in total. The lowest BCUT2D eigenvalue weighted by Gasteiger charge is -2.34. The van der Waals surface area contributed by atoms with E-state index in [4.69, 9.17) is 9.73 Å². The lowest BCUT2D eigenvalue weighted by molar-refractivity contribution is 0.0179. The Labute approximate surface area is 190 Å². The van der Waals surface area contributed by atoms with Crippen LogP contribution in [0.3, 0.4) is 0 Å². The summed E-state index contributed by atoms with van der Waals surface area (Å²) < 4.78 is 19.3. The molecule has 0 radical (unpaired) electrons. The van der Waals surface area contributed by atoms with Crippen molar-refractivity contribution in [1.82, 2.24) is 15.5 Å². The topological polar surface area (TPSA) is 48.9 Å². The summed E-state index contributed by atoms with van der Waals surface area (Å²) in [4.78, 5) is 7.13. The first kappa shape index (κ1) is 25.5. The molecule has 8 heteroatoms. The molecule has 0 spiro atoms. The maximum absolute atomic E-state index is 13.8. The molecule has 0 aromatic heterocycles. The highest BCUT2D eigenvalue weighted by Crippen LogP contribution is 2.23. The summed E-state index contributed by atoms with van der Waals surface area (Å²) >= 11 is 1.88. The molecule has 0 bridgehead atoms. The van der Waals surface area contributed by atoms with E-state index in [0.717, 1.165) is 44.1 Å². The van der Waals surface area contributed by atoms with Gasteiger partial charge in [-0.15, -0.1) is 24.0 Å². The van der Waals surface area contributed by atoms with E-state index >= 15 is 0 Å². The van der Waals surface area contributed by atoms with Crippen LogP contribution in [0.4, 0.5) is 4.39 Å². The van der Waals surface area contributed by atoms with E-state index in [1.54, 1.807) is 12.1 Å². The fraction of sp³-hybridized carbons (Fsp3) is 0.650. The highest BCUT2D eigenvalue weighted by molar-refractivity contribution is 14.0. The first-order valence-corrected chi connectivity index (χ1v) is 11.2. The van der Waals surface area contributed by atoms with Gasteiger partial charge in [-0.25, -0.2) is 4.39 Å². The summed E-state index contributed by atoms with van der Waals surface area (Å²) in [5, 5.41) is 6.72. The van der Waals surface area contributed by atoms with Crippen LogP contribution in [0.2, 0.25) is 0 Å². The summed E-state index contributed by atoms with van der Waals surface area (Å²) in [6, 6.07) is 6.93. The fourth-order valence-electron chi connectivity index (χ4n) is 3.13. The van der Waals surface area contributed by atoms with E-state index < -0.39 is 0 Å². The maximum Gasteiger partial charge on any atom is 0.191 e. The fourth-order valence-corrected chi connectivity index (χ4v) is 3.63. The van der Waals surface area contributed by atoms with E-state index in [1.165, 1.54) is 18.2 Å². The van der Waals surface area contributed by atoms with Gasteiger partial charge in [-0.3, -0.25) is 9.89 Å². The minimum Gasteiger partial charge on any atom is -0.379 e. The predicted octanol–water partition coefficient (Wildman–Crippen LogP) is 3.52. The van der Waals surface area contributed by atoms with Gasteiger partial charge in [0.15, 0.2) is 5.96 Å². The third-order valence-electron chi connectivity index (χ3n) is 4.55. The number of thioether (sulfide) groups is 1. The molecule has 1 unspecified atom stereocenters. The molecule has 1 aliphatic heterocycles. The van der Waals surface area contributed by atoms with E-state index in [0.29, 0.717) is 19.8 Å². The van der Waals surface area contributed by atoms with Crippen LogP contribution in [0.25, 0.3) is 0 Å². The maximum atomic E-state index is 13.8. The molecule has 160 valence electrons. The molecule has 0 amide bonds. The Morgan fingerprint density at radius 2 is 2.07 bits per heavy atom. The number of hydrogen-bond donors (Lipinski definition) is 2. The molecular formula is C20H34FIN4OS. The van der Waals surface area contributed by atoms with Gasteiger partial charge in [0, 0.05) is 26.2 Å².